The van der Waals surface area contributed by atoms with Crippen LogP contribution in [0.15, 0.2) is 24.9 Å². The lowest BCUT2D eigenvalue weighted by molar-refractivity contribution is 0.942. The molecule has 2 aromatic heterocycles. The number of imidazole rings is 1. The van der Waals surface area contributed by atoms with Gasteiger partial charge in [0, 0.05) is 12.4 Å². The fourth-order valence-corrected chi connectivity index (χ4v) is 1.06. The van der Waals surface area contributed by atoms with Crippen LogP contribution in [0, 0.1) is 6.92 Å². The molecule has 66 valence electrons. The van der Waals surface area contributed by atoms with Gasteiger partial charge < -0.3 is 5.73 Å². The third-order valence-corrected chi connectivity index (χ3v) is 1.67. The molecule has 0 bridgehead atoms. The molecule has 5 heteroatoms. The fourth-order valence-electron chi connectivity index (χ4n) is 1.06. The first kappa shape index (κ1) is 7.72. The number of nitrogens with two attached hydrogens (primary N) is 1. The average molecular weight is 175 g/mol. The summed E-state index contributed by atoms with van der Waals surface area (Å²) in [6.07, 6.45) is 6.71. The molecule has 0 spiro atoms. The Bertz CT molecular complexity index is 406. The SMILES string of the molecule is Cc1ncc(N)c(-n2ccnc2)n1. The van der Waals surface area contributed by atoms with Crippen LogP contribution in [0.25, 0.3) is 5.82 Å². The van der Waals surface area contributed by atoms with E-state index in [4.69, 9.17) is 5.73 Å². The third-order valence-electron chi connectivity index (χ3n) is 1.67. The minimum atomic E-state index is 0.545. The molecule has 0 radical (unpaired) electrons. The van der Waals surface area contributed by atoms with Crippen molar-refractivity contribution in [1.29, 1.82) is 0 Å². The van der Waals surface area contributed by atoms with Crippen LogP contribution in [0.4, 0.5) is 5.69 Å². The maximum absolute atomic E-state index is 5.71. The number of hydrogen-bond donors (Lipinski definition) is 1. The average Bonchev–Trinajstić information content (AvgIpc) is 2.61. The normalized spacial score (nSPS) is 10.2. The molecule has 2 N–H and O–H groups in total. The Morgan fingerprint density at radius 3 is 3.00 bits per heavy atom. The Kier molecular flexibility index (Phi) is 1.70. The molecule has 2 heterocycles. The van der Waals surface area contributed by atoms with E-state index in [9.17, 15) is 0 Å². The van der Waals surface area contributed by atoms with Crippen molar-refractivity contribution in [2.75, 3.05) is 5.73 Å². The Hall–Kier alpha value is -1.91. The summed E-state index contributed by atoms with van der Waals surface area (Å²) in [6, 6.07) is 0. The number of aryl methyl sites for hydroxylation is 1. The Morgan fingerprint density at radius 2 is 2.31 bits per heavy atom. The first-order valence-electron chi connectivity index (χ1n) is 3.85. The van der Waals surface area contributed by atoms with Gasteiger partial charge in [0.2, 0.25) is 0 Å². The van der Waals surface area contributed by atoms with E-state index in [0.29, 0.717) is 17.3 Å². The largest absolute Gasteiger partial charge is 0.394 e. The van der Waals surface area contributed by atoms with Gasteiger partial charge in [-0.25, -0.2) is 15.0 Å². The van der Waals surface area contributed by atoms with Crippen molar-refractivity contribution in [1.82, 2.24) is 19.5 Å². The summed E-state index contributed by atoms with van der Waals surface area (Å²) < 4.78 is 1.75. The number of anilines is 1. The van der Waals surface area contributed by atoms with Gasteiger partial charge in [0.1, 0.15) is 12.2 Å². The molecule has 0 aliphatic heterocycles. The van der Waals surface area contributed by atoms with Crippen LogP contribution in [-0.4, -0.2) is 19.5 Å². The summed E-state index contributed by atoms with van der Waals surface area (Å²) in [5.41, 5.74) is 6.25. The molecule has 0 amide bonds. The molecule has 0 atom stereocenters. The number of hydrogen-bond acceptors (Lipinski definition) is 4. The number of nitrogen functional groups attached to an aromatic ring is 1. The summed E-state index contributed by atoms with van der Waals surface area (Å²) in [4.78, 5) is 12.1. The van der Waals surface area contributed by atoms with Crippen LogP contribution in [0.1, 0.15) is 5.82 Å². The second-order valence-electron chi connectivity index (χ2n) is 2.67. The highest BCUT2D eigenvalue weighted by molar-refractivity contribution is 5.50. The minimum Gasteiger partial charge on any atom is -0.394 e. The summed E-state index contributed by atoms with van der Waals surface area (Å²) in [5.74, 6) is 1.36. The van der Waals surface area contributed by atoms with E-state index >= 15 is 0 Å². The van der Waals surface area contributed by atoms with Crippen LogP contribution < -0.4 is 5.73 Å². The molecule has 0 saturated carbocycles. The van der Waals surface area contributed by atoms with Crippen molar-refractivity contribution < 1.29 is 0 Å². The summed E-state index contributed by atoms with van der Waals surface area (Å²) in [7, 11) is 0. The molecule has 0 saturated heterocycles. The predicted molar refractivity (Wildman–Crippen MR) is 48.3 cm³/mol. The maximum atomic E-state index is 5.71. The smallest absolute Gasteiger partial charge is 0.164 e. The molecule has 2 aromatic rings. The van der Waals surface area contributed by atoms with Crippen LogP contribution >= 0.6 is 0 Å². The molecule has 0 aliphatic carbocycles. The zero-order chi connectivity index (χ0) is 9.26. The van der Waals surface area contributed by atoms with Crippen molar-refractivity contribution in [3.8, 4) is 5.82 Å². The molecule has 0 aliphatic rings. The van der Waals surface area contributed by atoms with E-state index in [0.717, 1.165) is 0 Å². The quantitative estimate of drug-likeness (QED) is 0.687. The van der Waals surface area contributed by atoms with E-state index in [1.165, 1.54) is 0 Å². The van der Waals surface area contributed by atoms with E-state index < -0.39 is 0 Å². The van der Waals surface area contributed by atoms with Gasteiger partial charge >= 0.3 is 0 Å². The first-order valence-corrected chi connectivity index (χ1v) is 3.85. The van der Waals surface area contributed by atoms with Gasteiger partial charge in [-0.1, -0.05) is 0 Å². The Morgan fingerprint density at radius 1 is 1.46 bits per heavy atom. The first-order chi connectivity index (χ1) is 6.27. The Balaban J connectivity index is 2.57. The lowest BCUT2D eigenvalue weighted by Crippen LogP contribution is -2.03. The number of nitrogens with zero attached hydrogens (tertiary/aromatic N) is 4. The van der Waals surface area contributed by atoms with Crippen molar-refractivity contribution in [2.45, 2.75) is 6.92 Å². The topological polar surface area (TPSA) is 69.6 Å². The second-order valence-corrected chi connectivity index (χ2v) is 2.67. The number of aromatic nitrogens is 4. The van der Waals surface area contributed by atoms with E-state index in [2.05, 4.69) is 15.0 Å². The Labute approximate surface area is 75.3 Å². The van der Waals surface area contributed by atoms with Gasteiger partial charge in [-0.2, -0.15) is 0 Å². The van der Waals surface area contributed by atoms with Crippen molar-refractivity contribution >= 4 is 5.69 Å². The van der Waals surface area contributed by atoms with Gasteiger partial charge in [-0.15, -0.1) is 0 Å². The lowest BCUT2D eigenvalue weighted by Gasteiger charge is -2.04. The maximum Gasteiger partial charge on any atom is 0.164 e. The van der Waals surface area contributed by atoms with Gasteiger partial charge in [0.05, 0.1) is 11.9 Å². The molecular formula is C8H9N5. The predicted octanol–water partition coefficient (Wildman–Crippen LogP) is 0.553. The molecule has 5 nitrogen and oxygen atoms in total. The highest BCUT2D eigenvalue weighted by Crippen LogP contribution is 2.11. The highest BCUT2D eigenvalue weighted by atomic mass is 15.1. The summed E-state index contributed by atoms with van der Waals surface area (Å²) in [6.45, 7) is 1.82. The third kappa shape index (κ3) is 1.35. The summed E-state index contributed by atoms with van der Waals surface area (Å²) in [5, 5.41) is 0. The van der Waals surface area contributed by atoms with Gasteiger partial charge in [-0.05, 0) is 6.92 Å². The van der Waals surface area contributed by atoms with Crippen molar-refractivity contribution in [2.24, 2.45) is 0 Å². The van der Waals surface area contributed by atoms with E-state index in [1.54, 1.807) is 29.5 Å². The van der Waals surface area contributed by atoms with Crippen LogP contribution in [0.2, 0.25) is 0 Å². The van der Waals surface area contributed by atoms with E-state index in [-0.39, 0.29) is 0 Å². The monoisotopic (exact) mass is 175 g/mol. The van der Waals surface area contributed by atoms with Crippen LogP contribution in [-0.2, 0) is 0 Å². The molecule has 0 fully saturated rings. The van der Waals surface area contributed by atoms with Gasteiger partial charge in [-0.3, -0.25) is 4.57 Å². The van der Waals surface area contributed by atoms with E-state index in [1.807, 2.05) is 6.92 Å². The van der Waals surface area contributed by atoms with Crippen molar-refractivity contribution in [3.63, 3.8) is 0 Å². The summed E-state index contributed by atoms with van der Waals surface area (Å²) >= 11 is 0. The molecule has 13 heavy (non-hydrogen) atoms. The van der Waals surface area contributed by atoms with Crippen LogP contribution in [0.5, 0.6) is 0 Å². The lowest BCUT2D eigenvalue weighted by atomic mass is 10.4. The fraction of sp³-hybridized carbons (Fsp3) is 0.125. The zero-order valence-corrected chi connectivity index (χ0v) is 7.18. The second kappa shape index (κ2) is 2.85. The van der Waals surface area contributed by atoms with Crippen LogP contribution in [0.3, 0.4) is 0 Å². The standard InChI is InChI=1S/C8H9N5/c1-6-11-4-7(9)8(12-6)13-3-2-10-5-13/h2-5H,9H2,1H3. The van der Waals surface area contributed by atoms with Gasteiger partial charge in [0.25, 0.3) is 0 Å². The molecule has 0 unspecified atom stereocenters. The molecule has 2 rings (SSSR count). The molecular weight excluding hydrogens is 166 g/mol. The zero-order valence-electron chi connectivity index (χ0n) is 7.18. The number of rotatable bonds is 1. The minimum absolute atomic E-state index is 0.545. The highest BCUT2D eigenvalue weighted by Gasteiger charge is 2.02. The van der Waals surface area contributed by atoms with Gasteiger partial charge in [0.15, 0.2) is 5.82 Å². The molecule has 0 aromatic carbocycles. The van der Waals surface area contributed by atoms with Crippen molar-refractivity contribution in [3.05, 3.63) is 30.7 Å².